The summed E-state index contributed by atoms with van der Waals surface area (Å²) in [5.74, 6) is 1.94. The summed E-state index contributed by atoms with van der Waals surface area (Å²) < 4.78 is 5.30. The summed E-state index contributed by atoms with van der Waals surface area (Å²) in [4.78, 5) is 4.82. The van der Waals surface area contributed by atoms with Gasteiger partial charge in [-0.2, -0.15) is 0 Å². The van der Waals surface area contributed by atoms with E-state index in [1.54, 1.807) is 0 Å². The zero-order valence-corrected chi connectivity index (χ0v) is 20.2. The average Bonchev–Trinajstić information content (AvgIpc) is 3.03. The number of nitrogens with one attached hydrogen (secondary N) is 2. The third-order valence-corrected chi connectivity index (χ3v) is 5.09. The van der Waals surface area contributed by atoms with Crippen LogP contribution in [0.15, 0.2) is 52.0 Å². The molecule has 29 heavy (non-hydrogen) atoms. The van der Waals surface area contributed by atoms with Crippen LogP contribution < -0.4 is 10.6 Å². The van der Waals surface area contributed by atoms with Crippen molar-refractivity contribution in [2.45, 2.75) is 46.6 Å². The van der Waals surface area contributed by atoms with E-state index >= 15 is 0 Å². The summed E-state index contributed by atoms with van der Waals surface area (Å²) in [6.07, 6.45) is 0. The maximum atomic E-state index is 5.30. The number of aryl methyl sites for hydroxylation is 2. The smallest absolute Gasteiger partial charge is 0.191 e. The Morgan fingerprint density at radius 1 is 1.10 bits per heavy atom. The SMILES string of the molecule is CCNC(=NCC(C)c1c(C)noc1C)NC(C)c1cccc2ccccc12.I. The first-order valence-corrected chi connectivity index (χ1v) is 9.96. The lowest BCUT2D eigenvalue weighted by Gasteiger charge is -2.20. The largest absolute Gasteiger partial charge is 0.361 e. The lowest BCUT2D eigenvalue weighted by molar-refractivity contribution is 0.391. The fraction of sp³-hybridized carbons (Fsp3) is 0.391. The Labute approximate surface area is 190 Å². The molecule has 3 rings (SSSR count). The van der Waals surface area contributed by atoms with E-state index in [2.05, 4.69) is 79.0 Å². The molecule has 1 aromatic heterocycles. The molecule has 0 spiro atoms. The molecular weight excluding hydrogens is 475 g/mol. The molecule has 0 aliphatic carbocycles. The number of halogens is 1. The minimum Gasteiger partial charge on any atom is -0.361 e. The molecule has 2 aromatic carbocycles. The normalized spacial score (nSPS) is 13.6. The molecule has 0 radical (unpaired) electrons. The fourth-order valence-electron chi connectivity index (χ4n) is 3.74. The summed E-state index contributed by atoms with van der Waals surface area (Å²) in [6.45, 7) is 11.8. The maximum absolute atomic E-state index is 5.30. The molecule has 0 aliphatic heterocycles. The van der Waals surface area contributed by atoms with Gasteiger partial charge in [0.25, 0.3) is 0 Å². The Morgan fingerprint density at radius 2 is 1.83 bits per heavy atom. The second-order valence-corrected chi connectivity index (χ2v) is 7.29. The van der Waals surface area contributed by atoms with Gasteiger partial charge in [-0.25, -0.2) is 0 Å². The van der Waals surface area contributed by atoms with Crippen LogP contribution in [0.2, 0.25) is 0 Å². The number of nitrogens with zero attached hydrogens (tertiary/aromatic N) is 2. The van der Waals surface area contributed by atoms with Crippen molar-refractivity contribution >= 4 is 40.7 Å². The van der Waals surface area contributed by atoms with E-state index in [0.717, 1.165) is 29.5 Å². The molecule has 5 nitrogen and oxygen atoms in total. The summed E-state index contributed by atoms with van der Waals surface area (Å²) in [6, 6.07) is 15.1. The fourth-order valence-corrected chi connectivity index (χ4v) is 3.74. The van der Waals surface area contributed by atoms with Gasteiger partial charge in [-0.05, 0) is 44.0 Å². The van der Waals surface area contributed by atoms with E-state index in [-0.39, 0.29) is 35.9 Å². The van der Waals surface area contributed by atoms with Crippen molar-refractivity contribution in [3.63, 3.8) is 0 Å². The molecule has 2 unspecified atom stereocenters. The zero-order chi connectivity index (χ0) is 20.1. The number of hydrogen-bond donors (Lipinski definition) is 2. The number of aliphatic imine (C=N–C) groups is 1. The summed E-state index contributed by atoms with van der Waals surface area (Å²) in [5.41, 5.74) is 3.37. The van der Waals surface area contributed by atoms with E-state index in [0.29, 0.717) is 6.54 Å². The van der Waals surface area contributed by atoms with E-state index in [9.17, 15) is 0 Å². The highest BCUT2D eigenvalue weighted by atomic mass is 127. The summed E-state index contributed by atoms with van der Waals surface area (Å²) in [5, 5.41) is 13.5. The Balaban J connectivity index is 0.00000300. The van der Waals surface area contributed by atoms with Gasteiger partial charge >= 0.3 is 0 Å². The molecule has 2 N–H and O–H groups in total. The molecule has 3 aromatic rings. The summed E-state index contributed by atoms with van der Waals surface area (Å²) in [7, 11) is 0. The van der Waals surface area contributed by atoms with Gasteiger partial charge in [0.05, 0.1) is 11.7 Å². The van der Waals surface area contributed by atoms with Gasteiger partial charge in [-0.1, -0.05) is 54.5 Å². The van der Waals surface area contributed by atoms with Crippen LogP contribution in [0.25, 0.3) is 10.8 Å². The number of guanidine groups is 1. The quantitative estimate of drug-likeness (QED) is 0.264. The van der Waals surface area contributed by atoms with Crippen molar-refractivity contribution < 1.29 is 4.52 Å². The minimum absolute atomic E-state index is 0. The second-order valence-electron chi connectivity index (χ2n) is 7.29. The van der Waals surface area contributed by atoms with Crippen molar-refractivity contribution in [3.8, 4) is 0 Å². The Kier molecular flexibility index (Phi) is 8.49. The van der Waals surface area contributed by atoms with Gasteiger partial charge < -0.3 is 15.2 Å². The number of hydrogen-bond acceptors (Lipinski definition) is 3. The van der Waals surface area contributed by atoms with Crippen LogP contribution in [-0.2, 0) is 0 Å². The lowest BCUT2D eigenvalue weighted by atomic mass is 9.99. The molecule has 0 aliphatic rings. The minimum atomic E-state index is 0. The molecule has 0 saturated heterocycles. The number of benzene rings is 2. The third kappa shape index (κ3) is 5.50. The topological polar surface area (TPSA) is 62.5 Å². The van der Waals surface area contributed by atoms with Crippen LogP contribution in [0.3, 0.4) is 0 Å². The van der Waals surface area contributed by atoms with Gasteiger partial charge in [-0.15, -0.1) is 24.0 Å². The zero-order valence-electron chi connectivity index (χ0n) is 17.8. The van der Waals surface area contributed by atoms with E-state index in [4.69, 9.17) is 9.52 Å². The predicted octanol–water partition coefficient (Wildman–Crippen LogP) is 5.48. The van der Waals surface area contributed by atoms with Crippen LogP contribution in [0.5, 0.6) is 0 Å². The Hall–Kier alpha value is -2.09. The highest BCUT2D eigenvalue weighted by Crippen LogP contribution is 2.25. The second kappa shape index (κ2) is 10.6. The first-order chi connectivity index (χ1) is 13.5. The molecule has 0 amide bonds. The van der Waals surface area contributed by atoms with Gasteiger partial charge in [0.2, 0.25) is 0 Å². The van der Waals surface area contributed by atoms with E-state index in [1.807, 2.05) is 13.8 Å². The van der Waals surface area contributed by atoms with Crippen molar-refractivity contribution in [2.75, 3.05) is 13.1 Å². The van der Waals surface area contributed by atoms with Crippen LogP contribution in [-0.4, -0.2) is 24.2 Å². The van der Waals surface area contributed by atoms with Crippen molar-refractivity contribution in [1.29, 1.82) is 0 Å². The molecule has 0 saturated carbocycles. The van der Waals surface area contributed by atoms with Crippen LogP contribution >= 0.6 is 24.0 Å². The van der Waals surface area contributed by atoms with E-state index < -0.39 is 0 Å². The van der Waals surface area contributed by atoms with E-state index in [1.165, 1.54) is 16.3 Å². The highest BCUT2D eigenvalue weighted by Gasteiger charge is 2.17. The molecule has 1 heterocycles. The molecule has 156 valence electrons. The molecule has 6 heteroatoms. The first-order valence-electron chi connectivity index (χ1n) is 9.96. The monoisotopic (exact) mass is 506 g/mol. The molecule has 0 bridgehead atoms. The summed E-state index contributed by atoms with van der Waals surface area (Å²) >= 11 is 0. The third-order valence-electron chi connectivity index (χ3n) is 5.09. The highest BCUT2D eigenvalue weighted by molar-refractivity contribution is 14.0. The lowest BCUT2D eigenvalue weighted by Crippen LogP contribution is -2.39. The Morgan fingerprint density at radius 3 is 2.52 bits per heavy atom. The number of fused-ring (bicyclic) bond motifs is 1. The predicted molar refractivity (Wildman–Crippen MR) is 131 cm³/mol. The molecule has 0 fully saturated rings. The van der Waals surface area contributed by atoms with Crippen molar-refractivity contribution in [3.05, 3.63) is 65.0 Å². The van der Waals surface area contributed by atoms with Crippen molar-refractivity contribution in [1.82, 2.24) is 15.8 Å². The van der Waals surface area contributed by atoms with Gasteiger partial charge in [0.15, 0.2) is 5.96 Å². The van der Waals surface area contributed by atoms with Crippen LogP contribution in [0.4, 0.5) is 0 Å². The van der Waals surface area contributed by atoms with Crippen molar-refractivity contribution in [2.24, 2.45) is 4.99 Å². The van der Waals surface area contributed by atoms with Gasteiger partial charge in [-0.3, -0.25) is 4.99 Å². The molecule has 2 atom stereocenters. The Bertz CT molecular complexity index is 942. The standard InChI is InChI=1S/C23H30N4O.HI/c1-6-24-23(25-14-15(2)22-17(4)27-28-18(22)5)26-16(3)20-13-9-11-19-10-7-8-12-21(19)20;/h7-13,15-16H,6,14H2,1-5H3,(H2,24,25,26);1H. The maximum Gasteiger partial charge on any atom is 0.191 e. The van der Waals surface area contributed by atoms with Gasteiger partial charge in [0.1, 0.15) is 5.76 Å². The molecular formula is C23H31IN4O. The number of aromatic nitrogens is 1. The number of rotatable bonds is 6. The van der Waals surface area contributed by atoms with Gasteiger partial charge in [0, 0.05) is 24.6 Å². The van der Waals surface area contributed by atoms with Crippen LogP contribution in [0.1, 0.15) is 55.3 Å². The average molecular weight is 506 g/mol. The first kappa shape index (κ1) is 23.2. The van der Waals surface area contributed by atoms with Crippen LogP contribution in [0, 0.1) is 13.8 Å².